The highest BCUT2D eigenvalue weighted by atomic mass is 32.2. The summed E-state index contributed by atoms with van der Waals surface area (Å²) < 4.78 is 25.0. The first-order valence-corrected chi connectivity index (χ1v) is 4.94. The van der Waals surface area contributed by atoms with Crippen LogP contribution in [0.5, 0.6) is 5.75 Å². The van der Waals surface area contributed by atoms with Crippen molar-refractivity contribution in [1.82, 2.24) is 0 Å². The highest BCUT2D eigenvalue weighted by Crippen LogP contribution is 2.15. The van der Waals surface area contributed by atoms with Crippen LogP contribution in [0.4, 0.5) is 0 Å². The van der Waals surface area contributed by atoms with Crippen LogP contribution < -0.4 is 4.74 Å². The van der Waals surface area contributed by atoms with Crippen molar-refractivity contribution >= 4 is 21.6 Å². The molecular weight excluding hydrogens is 204 g/mol. The number of hydrogen-bond acceptors (Lipinski definition) is 4. The van der Waals surface area contributed by atoms with E-state index in [1.807, 2.05) is 0 Å². The number of esters is 1. The van der Waals surface area contributed by atoms with Gasteiger partial charge in [-0.25, -0.2) is 4.79 Å². The second-order valence-electron chi connectivity index (χ2n) is 2.56. The summed E-state index contributed by atoms with van der Waals surface area (Å²) in [6, 6.07) is 6.84. The van der Waals surface area contributed by atoms with E-state index in [1.54, 1.807) is 31.2 Å². The van der Waals surface area contributed by atoms with Gasteiger partial charge in [-0.3, -0.25) is 0 Å². The highest BCUT2D eigenvalue weighted by Gasteiger charge is 2.03. The number of rotatable bonds is 2. The van der Waals surface area contributed by atoms with Gasteiger partial charge in [-0.2, -0.15) is 8.42 Å². The zero-order valence-corrected chi connectivity index (χ0v) is 8.24. The number of aryl methyl sites for hydroxylation is 1. The Hall–Kier alpha value is -1.62. The van der Waals surface area contributed by atoms with Crippen molar-refractivity contribution in [2.24, 2.45) is 0 Å². The SMILES string of the molecule is Cc1ccccc1OC(=O)C=S(=O)=O. The lowest BCUT2D eigenvalue weighted by atomic mass is 10.2. The summed E-state index contributed by atoms with van der Waals surface area (Å²) in [5, 5.41) is 0.479. The van der Waals surface area contributed by atoms with Crippen LogP contribution >= 0.6 is 0 Å². The second-order valence-corrected chi connectivity index (χ2v) is 3.32. The van der Waals surface area contributed by atoms with E-state index >= 15 is 0 Å². The lowest BCUT2D eigenvalue weighted by Gasteiger charge is -2.02. The molecule has 0 radical (unpaired) electrons. The fourth-order valence-electron chi connectivity index (χ4n) is 0.882. The van der Waals surface area contributed by atoms with Gasteiger partial charge in [0.2, 0.25) is 10.3 Å². The largest absolute Gasteiger partial charge is 0.422 e. The van der Waals surface area contributed by atoms with Gasteiger partial charge >= 0.3 is 5.97 Å². The molecule has 0 aliphatic carbocycles. The molecule has 0 aliphatic rings. The summed E-state index contributed by atoms with van der Waals surface area (Å²) in [6.07, 6.45) is 0. The summed E-state index contributed by atoms with van der Waals surface area (Å²) in [7, 11) is -2.53. The highest BCUT2D eigenvalue weighted by molar-refractivity contribution is 7.73. The van der Waals surface area contributed by atoms with E-state index in [2.05, 4.69) is 0 Å². The summed E-state index contributed by atoms with van der Waals surface area (Å²) >= 11 is 0. The predicted octanol–water partition coefficient (Wildman–Crippen LogP) is 0.582. The van der Waals surface area contributed by atoms with Crippen LogP contribution in [-0.2, 0) is 15.1 Å². The first-order valence-electron chi connectivity index (χ1n) is 3.80. The molecule has 0 fully saturated rings. The summed E-state index contributed by atoms with van der Waals surface area (Å²) in [4.78, 5) is 10.9. The maximum atomic E-state index is 10.9. The zero-order chi connectivity index (χ0) is 10.6. The quantitative estimate of drug-likeness (QED) is 0.409. The molecule has 0 amide bonds. The molecular formula is C9H8O4S. The van der Waals surface area contributed by atoms with Crippen LogP contribution in [0.2, 0.25) is 0 Å². The first kappa shape index (κ1) is 10.5. The molecule has 0 atom stereocenters. The topological polar surface area (TPSA) is 60.4 Å². The Morgan fingerprint density at radius 1 is 1.36 bits per heavy atom. The standard InChI is InChI=1S/C9H8O4S/c1-7-4-2-3-5-8(7)13-9(10)6-14(11)12/h2-6H,1H3. The summed E-state index contributed by atoms with van der Waals surface area (Å²) in [6.45, 7) is 1.76. The summed E-state index contributed by atoms with van der Waals surface area (Å²) in [5.41, 5.74) is 0.769. The molecule has 0 spiro atoms. The predicted molar refractivity (Wildman–Crippen MR) is 51.8 cm³/mol. The van der Waals surface area contributed by atoms with Gasteiger partial charge in [-0.1, -0.05) is 18.2 Å². The Bertz CT molecular complexity index is 465. The molecule has 0 saturated carbocycles. The molecule has 1 aromatic carbocycles. The molecule has 0 N–H and O–H groups in total. The van der Waals surface area contributed by atoms with Crippen molar-refractivity contribution in [3.8, 4) is 5.75 Å². The molecule has 14 heavy (non-hydrogen) atoms. The molecule has 74 valence electrons. The van der Waals surface area contributed by atoms with Gasteiger partial charge in [0.1, 0.15) is 11.1 Å². The Labute approximate surface area is 82.7 Å². The van der Waals surface area contributed by atoms with Crippen molar-refractivity contribution in [2.75, 3.05) is 0 Å². The van der Waals surface area contributed by atoms with Gasteiger partial charge in [0.25, 0.3) is 0 Å². The van der Waals surface area contributed by atoms with Crippen LogP contribution in [0.3, 0.4) is 0 Å². The number of carbonyl (C=O) groups is 1. The molecule has 0 aromatic heterocycles. The fourth-order valence-corrected chi connectivity index (χ4v) is 1.09. The van der Waals surface area contributed by atoms with Crippen LogP contribution in [0.25, 0.3) is 0 Å². The molecule has 5 heteroatoms. The Morgan fingerprint density at radius 3 is 2.57 bits per heavy atom. The van der Waals surface area contributed by atoms with Gasteiger partial charge in [-0.05, 0) is 18.6 Å². The molecule has 0 heterocycles. The maximum absolute atomic E-state index is 10.9. The molecule has 4 nitrogen and oxygen atoms in total. The third-order valence-electron chi connectivity index (χ3n) is 1.50. The minimum Gasteiger partial charge on any atom is -0.422 e. The minimum atomic E-state index is -2.53. The smallest absolute Gasteiger partial charge is 0.351 e. The van der Waals surface area contributed by atoms with Crippen molar-refractivity contribution < 1.29 is 17.9 Å². The maximum Gasteiger partial charge on any atom is 0.351 e. The van der Waals surface area contributed by atoms with Crippen molar-refractivity contribution in [1.29, 1.82) is 0 Å². The lowest BCUT2D eigenvalue weighted by Crippen LogP contribution is -2.10. The average molecular weight is 212 g/mol. The average Bonchev–Trinajstić information content (AvgIpc) is 2.07. The van der Waals surface area contributed by atoms with Crippen molar-refractivity contribution in [2.45, 2.75) is 6.92 Å². The van der Waals surface area contributed by atoms with Crippen molar-refractivity contribution in [3.63, 3.8) is 0 Å². The van der Waals surface area contributed by atoms with Gasteiger partial charge in [0.05, 0.1) is 0 Å². The number of benzene rings is 1. The van der Waals surface area contributed by atoms with Crippen LogP contribution in [-0.4, -0.2) is 19.8 Å². The van der Waals surface area contributed by atoms with E-state index in [4.69, 9.17) is 4.74 Å². The van der Waals surface area contributed by atoms with E-state index in [9.17, 15) is 13.2 Å². The van der Waals surface area contributed by atoms with Gasteiger partial charge < -0.3 is 4.74 Å². The zero-order valence-electron chi connectivity index (χ0n) is 7.43. The Kier molecular flexibility index (Phi) is 3.41. The molecule has 0 bridgehead atoms. The molecule has 1 aromatic rings. The van der Waals surface area contributed by atoms with E-state index in [0.29, 0.717) is 11.1 Å². The fraction of sp³-hybridized carbons (Fsp3) is 0.111. The summed E-state index contributed by atoms with van der Waals surface area (Å²) in [5.74, 6) is -0.535. The molecule has 1 rings (SSSR count). The van der Waals surface area contributed by atoms with Crippen LogP contribution in [0.15, 0.2) is 24.3 Å². The van der Waals surface area contributed by atoms with E-state index < -0.39 is 16.3 Å². The molecule has 0 aliphatic heterocycles. The number of ether oxygens (including phenoxy) is 1. The van der Waals surface area contributed by atoms with E-state index in [0.717, 1.165) is 5.56 Å². The van der Waals surface area contributed by atoms with Crippen molar-refractivity contribution in [3.05, 3.63) is 29.8 Å². The third kappa shape index (κ3) is 3.02. The monoisotopic (exact) mass is 212 g/mol. The van der Waals surface area contributed by atoms with E-state index in [1.165, 1.54) is 0 Å². The van der Waals surface area contributed by atoms with Gasteiger partial charge in [0, 0.05) is 0 Å². The number of carbonyl (C=O) groups excluding carboxylic acids is 1. The molecule has 0 saturated heterocycles. The molecule has 0 unspecified atom stereocenters. The number of para-hydroxylation sites is 1. The lowest BCUT2D eigenvalue weighted by molar-refractivity contribution is -0.126. The van der Waals surface area contributed by atoms with Crippen LogP contribution in [0, 0.1) is 6.92 Å². The minimum absolute atomic E-state index is 0.360. The third-order valence-corrected chi connectivity index (χ3v) is 1.88. The van der Waals surface area contributed by atoms with E-state index in [-0.39, 0.29) is 0 Å². The van der Waals surface area contributed by atoms with Gasteiger partial charge in [0.15, 0.2) is 0 Å². The Balaban J connectivity index is 2.85. The second kappa shape index (κ2) is 4.57. The van der Waals surface area contributed by atoms with Gasteiger partial charge in [-0.15, -0.1) is 0 Å². The normalized spacial score (nSPS) is 9.21. The first-order chi connectivity index (χ1) is 6.59. The Morgan fingerprint density at radius 2 is 2.00 bits per heavy atom. The van der Waals surface area contributed by atoms with Crippen LogP contribution in [0.1, 0.15) is 5.56 Å². The number of hydrogen-bond donors (Lipinski definition) is 0.